The summed E-state index contributed by atoms with van der Waals surface area (Å²) in [5.41, 5.74) is 0. The number of furan rings is 1. The van der Waals surface area contributed by atoms with Crippen LogP contribution in [0.5, 0.6) is 0 Å². The standard InChI is InChI=1S/C13H18N2OS/c17-13(14-8-11-2-1-5-16-11)15-12-7-9-3-4-10(12)6-9/h1-2,5,9-10,12H,3-4,6-8H2,(H2,14,15,17). The number of fused-ring (bicyclic) bond motifs is 2. The number of hydrogen-bond acceptors (Lipinski definition) is 2. The van der Waals surface area contributed by atoms with Crippen molar-refractivity contribution < 1.29 is 4.42 Å². The molecule has 0 saturated heterocycles. The molecular weight excluding hydrogens is 232 g/mol. The summed E-state index contributed by atoms with van der Waals surface area (Å²) in [4.78, 5) is 0. The Morgan fingerprint density at radius 1 is 1.41 bits per heavy atom. The van der Waals surface area contributed by atoms with E-state index in [1.54, 1.807) is 6.26 Å². The minimum atomic E-state index is 0.602. The Labute approximate surface area is 107 Å². The van der Waals surface area contributed by atoms with Gasteiger partial charge >= 0.3 is 0 Å². The van der Waals surface area contributed by atoms with Gasteiger partial charge in [0.25, 0.3) is 0 Å². The average Bonchev–Trinajstić information content (AvgIpc) is 3.03. The van der Waals surface area contributed by atoms with Crippen molar-refractivity contribution in [2.75, 3.05) is 0 Å². The highest BCUT2D eigenvalue weighted by atomic mass is 32.1. The fraction of sp³-hybridized carbons (Fsp3) is 0.615. The summed E-state index contributed by atoms with van der Waals surface area (Å²) in [5.74, 6) is 2.72. The zero-order valence-corrected chi connectivity index (χ0v) is 10.6. The average molecular weight is 250 g/mol. The van der Waals surface area contributed by atoms with E-state index in [1.807, 2.05) is 12.1 Å². The number of nitrogens with one attached hydrogen (secondary N) is 2. The summed E-state index contributed by atoms with van der Waals surface area (Å²) < 4.78 is 5.25. The lowest BCUT2D eigenvalue weighted by Crippen LogP contribution is -2.43. The molecule has 2 N–H and O–H groups in total. The highest BCUT2D eigenvalue weighted by molar-refractivity contribution is 7.80. The van der Waals surface area contributed by atoms with Crippen LogP contribution in [0.15, 0.2) is 22.8 Å². The summed E-state index contributed by atoms with van der Waals surface area (Å²) >= 11 is 5.32. The molecule has 17 heavy (non-hydrogen) atoms. The van der Waals surface area contributed by atoms with Gasteiger partial charge in [0, 0.05) is 6.04 Å². The van der Waals surface area contributed by atoms with Gasteiger partial charge in [-0.25, -0.2) is 0 Å². The molecule has 1 aromatic heterocycles. The molecule has 2 fully saturated rings. The second-order valence-electron chi connectivity index (χ2n) is 5.19. The van der Waals surface area contributed by atoms with Crippen molar-refractivity contribution in [3.63, 3.8) is 0 Å². The van der Waals surface area contributed by atoms with Gasteiger partial charge in [-0.05, 0) is 55.4 Å². The monoisotopic (exact) mass is 250 g/mol. The molecule has 2 aliphatic rings. The molecule has 3 nitrogen and oxygen atoms in total. The lowest BCUT2D eigenvalue weighted by Gasteiger charge is -2.24. The Bertz CT molecular complexity index is 390. The van der Waals surface area contributed by atoms with Gasteiger partial charge in [0.05, 0.1) is 12.8 Å². The van der Waals surface area contributed by atoms with Crippen LogP contribution in [0.25, 0.3) is 0 Å². The normalized spacial score (nSPS) is 30.5. The van der Waals surface area contributed by atoms with E-state index in [0.717, 1.165) is 22.7 Å². The molecule has 0 aromatic carbocycles. The predicted octanol–water partition coefficient (Wildman–Crippen LogP) is 2.43. The number of hydrogen-bond donors (Lipinski definition) is 2. The molecular formula is C13H18N2OS. The van der Waals surface area contributed by atoms with Crippen molar-refractivity contribution in [3.8, 4) is 0 Å². The van der Waals surface area contributed by atoms with E-state index in [9.17, 15) is 0 Å². The first-order chi connectivity index (χ1) is 8.31. The molecule has 2 saturated carbocycles. The zero-order valence-electron chi connectivity index (χ0n) is 9.82. The van der Waals surface area contributed by atoms with E-state index in [1.165, 1.54) is 25.7 Å². The van der Waals surface area contributed by atoms with Crippen LogP contribution in [0.2, 0.25) is 0 Å². The van der Waals surface area contributed by atoms with Crippen LogP contribution in [0.4, 0.5) is 0 Å². The molecule has 0 spiro atoms. The van der Waals surface area contributed by atoms with E-state index >= 15 is 0 Å². The van der Waals surface area contributed by atoms with Crippen LogP contribution < -0.4 is 10.6 Å². The first-order valence-electron chi connectivity index (χ1n) is 6.38. The van der Waals surface area contributed by atoms with Crippen LogP contribution in [0, 0.1) is 11.8 Å². The fourth-order valence-electron chi connectivity index (χ4n) is 3.22. The van der Waals surface area contributed by atoms with Gasteiger partial charge in [0.15, 0.2) is 5.11 Å². The van der Waals surface area contributed by atoms with Gasteiger partial charge in [-0.1, -0.05) is 6.42 Å². The summed E-state index contributed by atoms with van der Waals surface area (Å²) in [5, 5.41) is 7.41. The SMILES string of the molecule is S=C(NCc1ccco1)NC1CC2CCC1C2. The highest BCUT2D eigenvalue weighted by Gasteiger charge is 2.39. The first kappa shape index (κ1) is 11.1. The van der Waals surface area contributed by atoms with Crippen molar-refractivity contribution >= 4 is 17.3 Å². The third kappa shape index (κ3) is 2.46. The lowest BCUT2D eigenvalue weighted by atomic mass is 9.96. The summed E-state index contributed by atoms with van der Waals surface area (Å²) in [6, 6.07) is 4.45. The van der Waals surface area contributed by atoms with Crippen LogP contribution >= 0.6 is 12.2 Å². The molecule has 2 bridgehead atoms. The maximum Gasteiger partial charge on any atom is 0.166 e. The summed E-state index contributed by atoms with van der Waals surface area (Å²) in [7, 11) is 0. The zero-order chi connectivity index (χ0) is 11.7. The minimum absolute atomic E-state index is 0.602. The van der Waals surface area contributed by atoms with Crippen LogP contribution in [-0.2, 0) is 6.54 Å². The fourth-order valence-corrected chi connectivity index (χ4v) is 3.45. The van der Waals surface area contributed by atoms with Gasteiger partial charge in [-0.15, -0.1) is 0 Å². The van der Waals surface area contributed by atoms with Gasteiger partial charge in [-0.2, -0.15) is 0 Å². The van der Waals surface area contributed by atoms with Crippen molar-refractivity contribution in [1.82, 2.24) is 10.6 Å². The van der Waals surface area contributed by atoms with Gasteiger partial charge in [0.1, 0.15) is 5.76 Å². The highest BCUT2D eigenvalue weighted by Crippen LogP contribution is 2.44. The van der Waals surface area contributed by atoms with E-state index in [2.05, 4.69) is 10.6 Å². The molecule has 0 radical (unpaired) electrons. The maximum atomic E-state index is 5.32. The van der Waals surface area contributed by atoms with Crippen molar-refractivity contribution in [3.05, 3.63) is 24.2 Å². The third-order valence-corrected chi connectivity index (χ3v) is 4.32. The topological polar surface area (TPSA) is 37.2 Å². The van der Waals surface area contributed by atoms with Crippen LogP contribution in [0.3, 0.4) is 0 Å². The smallest absolute Gasteiger partial charge is 0.166 e. The second kappa shape index (κ2) is 4.69. The molecule has 3 atom stereocenters. The number of rotatable bonds is 3. The third-order valence-electron chi connectivity index (χ3n) is 4.06. The quantitative estimate of drug-likeness (QED) is 0.808. The van der Waals surface area contributed by atoms with Gasteiger partial charge < -0.3 is 15.1 Å². The van der Waals surface area contributed by atoms with Crippen molar-refractivity contribution in [1.29, 1.82) is 0 Å². The van der Waals surface area contributed by atoms with Crippen molar-refractivity contribution in [2.24, 2.45) is 11.8 Å². The van der Waals surface area contributed by atoms with Crippen LogP contribution in [-0.4, -0.2) is 11.2 Å². The second-order valence-corrected chi connectivity index (χ2v) is 5.60. The molecule has 4 heteroatoms. The molecule has 0 amide bonds. The van der Waals surface area contributed by atoms with E-state index in [-0.39, 0.29) is 0 Å². The Morgan fingerprint density at radius 2 is 2.35 bits per heavy atom. The van der Waals surface area contributed by atoms with Crippen LogP contribution in [0.1, 0.15) is 31.4 Å². The molecule has 92 valence electrons. The maximum absolute atomic E-state index is 5.32. The Kier molecular flexibility index (Phi) is 3.05. The number of thiocarbonyl (C=S) groups is 1. The van der Waals surface area contributed by atoms with E-state index in [4.69, 9.17) is 16.6 Å². The Balaban J connectivity index is 1.44. The summed E-state index contributed by atoms with van der Waals surface area (Å²) in [6.45, 7) is 0.666. The largest absolute Gasteiger partial charge is 0.467 e. The molecule has 1 heterocycles. The first-order valence-corrected chi connectivity index (χ1v) is 6.79. The molecule has 1 aromatic rings. The minimum Gasteiger partial charge on any atom is -0.467 e. The van der Waals surface area contributed by atoms with E-state index in [0.29, 0.717) is 12.6 Å². The Morgan fingerprint density at radius 3 is 3.00 bits per heavy atom. The summed E-state index contributed by atoms with van der Waals surface area (Å²) in [6.07, 6.45) is 7.19. The van der Waals surface area contributed by atoms with E-state index < -0.39 is 0 Å². The molecule has 3 rings (SSSR count). The lowest BCUT2D eigenvalue weighted by molar-refractivity contribution is 0.388. The van der Waals surface area contributed by atoms with Crippen molar-refractivity contribution in [2.45, 2.75) is 38.3 Å². The molecule has 0 aliphatic heterocycles. The molecule has 3 unspecified atom stereocenters. The van der Waals surface area contributed by atoms with Gasteiger partial charge in [-0.3, -0.25) is 0 Å². The van der Waals surface area contributed by atoms with Gasteiger partial charge in [0.2, 0.25) is 0 Å². The molecule has 2 aliphatic carbocycles. The predicted molar refractivity (Wildman–Crippen MR) is 70.5 cm³/mol. The Hall–Kier alpha value is -1.03.